The Labute approximate surface area is 238 Å². The summed E-state index contributed by atoms with van der Waals surface area (Å²) in [5.74, 6) is 7.68. The molecule has 208 valence electrons. The van der Waals surface area contributed by atoms with Crippen LogP contribution >= 0.6 is 0 Å². The zero-order chi connectivity index (χ0) is 29.5. The molecule has 1 fully saturated rings. The van der Waals surface area contributed by atoms with Crippen LogP contribution in [0.5, 0.6) is 5.75 Å². The summed E-state index contributed by atoms with van der Waals surface area (Å²) in [6.07, 6.45) is 3.34. The summed E-state index contributed by atoms with van der Waals surface area (Å²) in [7, 11) is 5.50. The fourth-order valence-corrected chi connectivity index (χ4v) is 4.44. The Balaban J connectivity index is 1.75. The number of nitriles is 1. The fraction of sp³-hybridized carbons (Fsp3) is 0.323. The third-order valence-electron chi connectivity index (χ3n) is 7.46. The minimum absolute atomic E-state index is 0.0197. The summed E-state index contributed by atoms with van der Waals surface area (Å²) < 4.78 is 24.1. The molecule has 41 heavy (non-hydrogen) atoms. The minimum atomic E-state index is -0.630. The van der Waals surface area contributed by atoms with Gasteiger partial charge in [0.15, 0.2) is 5.94 Å². The second-order valence-corrected chi connectivity index (χ2v) is 10.8. The first-order valence-electron chi connectivity index (χ1n) is 13.2. The van der Waals surface area contributed by atoms with Crippen molar-refractivity contribution in [1.29, 1.82) is 5.26 Å². The van der Waals surface area contributed by atoms with Crippen molar-refractivity contribution in [2.75, 3.05) is 20.6 Å². The number of aryl methyl sites for hydroxylation is 1. The average Bonchev–Trinajstić information content (AvgIpc) is 3.70. The lowest BCUT2D eigenvalue weighted by Gasteiger charge is -2.26. The molecule has 0 atom stereocenters. The molecule has 0 unspecified atom stereocenters. The van der Waals surface area contributed by atoms with E-state index in [0.29, 0.717) is 39.4 Å². The van der Waals surface area contributed by atoms with Gasteiger partial charge in [0.1, 0.15) is 28.9 Å². The molecule has 3 aromatic rings. The van der Waals surface area contributed by atoms with Crippen LogP contribution in [-0.2, 0) is 11.8 Å². The van der Waals surface area contributed by atoms with Gasteiger partial charge in [0, 0.05) is 36.3 Å². The van der Waals surface area contributed by atoms with Crippen LogP contribution in [0.3, 0.4) is 0 Å². The molecule has 1 saturated carbocycles. The summed E-state index contributed by atoms with van der Waals surface area (Å²) in [4.78, 5) is 13.4. The van der Waals surface area contributed by atoms with Crippen LogP contribution in [0.2, 0.25) is 0 Å². The van der Waals surface area contributed by atoms with E-state index >= 15 is 4.39 Å². The summed E-state index contributed by atoms with van der Waals surface area (Å²) in [5.41, 5.74) is 12.0. The van der Waals surface area contributed by atoms with E-state index in [1.165, 1.54) is 10.7 Å². The van der Waals surface area contributed by atoms with Crippen molar-refractivity contribution in [2.24, 2.45) is 17.9 Å². The number of hydrazone groups is 1. The molecule has 0 radical (unpaired) electrons. The number of ether oxygens (including phenoxy) is 1. The molecule has 2 aromatic carbocycles. The van der Waals surface area contributed by atoms with E-state index in [0.717, 1.165) is 12.8 Å². The largest absolute Gasteiger partial charge is 0.489 e. The molecule has 1 aliphatic heterocycles. The van der Waals surface area contributed by atoms with Crippen molar-refractivity contribution in [2.45, 2.75) is 38.3 Å². The third kappa shape index (κ3) is 5.13. The molecule has 0 bridgehead atoms. The summed E-state index contributed by atoms with van der Waals surface area (Å²) in [6.45, 7) is 4.02. The SMILES string of the molecule is CN(C)C(C)(C)C#Cc1cc(OC2CC2)c(C#N)c(-c2c(-c3ccc4c(c3)C(CN)=NNC4=C=O)cnn2C)c1F. The number of nitrogens with two attached hydrogens (primary N) is 1. The first kappa shape index (κ1) is 27.8. The predicted molar refractivity (Wildman–Crippen MR) is 155 cm³/mol. The van der Waals surface area contributed by atoms with Crippen LogP contribution in [0.15, 0.2) is 35.6 Å². The number of benzene rings is 2. The van der Waals surface area contributed by atoms with E-state index < -0.39 is 11.4 Å². The maximum absolute atomic E-state index is 16.5. The zero-order valence-electron chi connectivity index (χ0n) is 23.6. The Kier molecular flexibility index (Phi) is 7.25. The van der Waals surface area contributed by atoms with Crippen LogP contribution in [0.1, 0.15) is 48.9 Å². The van der Waals surface area contributed by atoms with Gasteiger partial charge in [0.2, 0.25) is 0 Å². The number of halogens is 1. The molecular weight excluding hydrogens is 521 g/mol. The predicted octanol–water partition coefficient (Wildman–Crippen LogP) is 3.44. The number of nitrogens with zero attached hydrogens (tertiary/aromatic N) is 5. The van der Waals surface area contributed by atoms with Gasteiger partial charge < -0.3 is 10.5 Å². The van der Waals surface area contributed by atoms with Gasteiger partial charge in [0.05, 0.1) is 40.4 Å². The standard InChI is InChI=1S/C31H30FN7O2/c1-31(2,38(3)4)11-10-19-13-27(41-20-7-8-20)23(14-33)28(29(19)32)30-24(16-35-39(30)5)18-6-9-21-22(12-18)25(15-34)36-37-26(21)17-40/h6,9,12-13,16,20,37H,7-8,15,34H2,1-5H3. The highest BCUT2D eigenvalue weighted by Crippen LogP contribution is 2.42. The van der Waals surface area contributed by atoms with Crippen molar-refractivity contribution in [1.82, 2.24) is 20.1 Å². The van der Waals surface area contributed by atoms with Gasteiger partial charge in [-0.15, -0.1) is 0 Å². The molecular formula is C31H30FN7O2. The number of hydrogen-bond acceptors (Lipinski definition) is 8. The highest BCUT2D eigenvalue weighted by molar-refractivity contribution is 6.10. The van der Waals surface area contributed by atoms with Crippen molar-refractivity contribution < 1.29 is 13.9 Å². The van der Waals surface area contributed by atoms with Crippen molar-refractivity contribution in [3.63, 3.8) is 0 Å². The maximum atomic E-state index is 16.5. The van der Waals surface area contributed by atoms with Gasteiger partial charge in [-0.1, -0.05) is 24.0 Å². The lowest BCUT2D eigenvalue weighted by Crippen LogP contribution is -2.36. The van der Waals surface area contributed by atoms with Gasteiger partial charge in [-0.3, -0.25) is 15.0 Å². The first-order valence-corrected chi connectivity index (χ1v) is 13.2. The second-order valence-electron chi connectivity index (χ2n) is 10.8. The molecule has 2 aliphatic rings. The van der Waals surface area contributed by atoms with Crippen LogP contribution in [0.4, 0.5) is 4.39 Å². The Morgan fingerprint density at radius 1 is 1.24 bits per heavy atom. The molecule has 2 heterocycles. The molecule has 9 nitrogen and oxygen atoms in total. The lowest BCUT2D eigenvalue weighted by atomic mass is 9.91. The topological polar surface area (TPSA) is 122 Å². The van der Waals surface area contributed by atoms with Crippen molar-refractivity contribution >= 4 is 17.4 Å². The number of fused-ring (bicyclic) bond motifs is 1. The molecule has 0 spiro atoms. The Morgan fingerprint density at radius 3 is 2.63 bits per heavy atom. The number of nitrogens with one attached hydrogen (secondary N) is 1. The summed E-state index contributed by atoms with van der Waals surface area (Å²) >= 11 is 0. The Hall–Kier alpha value is -4.73. The van der Waals surface area contributed by atoms with Gasteiger partial charge in [0.25, 0.3) is 0 Å². The first-order chi connectivity index (χ1) is 19.6. The monoisotopic (exact) mass is 551 g/mol. The van der Waals surface area contributed by atoms with E-state index in [1.807, 2.05) is 44.9 Å². The van der Waals surface area contributed by atoms with Crippen LogP contribution in [0.25, 0.3) is 28.1 Å². The number of hydrogen-bond donors (Lipinski definition) is 2. The van der Waals surface area contributed by atoms with Crippen molar-refractivity contribution in [3.8, 4) is 46.0 Å². The fourth-order valence-electron chi connectivity index (χ4n) is 4.44. The van der Waals surface area contributed by atoms with Gasteiger partial charge in [-0.25, -0.2) is 9.18 Å². The second kappa shape index (κ2) is 10.7. The smallest absolute Gasteiger partial charge is 0.152 e. The van der Waals surface area contributed by atoms with Crippen LogP contribution in [-0.4, -0.2) is 58.6 Å². The van der Waals surface area contributed by atoms with Crippen LogP contribution in [0, 0.1) is 29.0 Å². The van der Waals surface area contributed by atoms with E-state index in [1.54, 1.807) is 25.4 Å². The van der Waals surface area contributed by atoms with E-state index in [9.17, 15) is 10.1 Å². The van der Waals surface area contributed by atoms with E-state index in [2.05, 4.69) is 33.5 Å². The number of rotatable bonds is 6. The normalized spacial score (nSPS) is 14.3. The molecule has 1 aliphatic carbocycles. The Morgan fingerprint density at radius 2 is 2.00 bits per heavy atom. The minimum Gasteiger partial charge on any atom is -0.489 e. The quantitative estimate of drug-likeness (QED) is 0.356. The lowest BCUT2D eigenvalue weighted by molar-refractivity contribution is 0.263. The maximum Gasteiger partial charge on any atom is 0.152 e. The number of carbonyl (C=O) groups excluding carboxylic acids is 1. The number of aromatic nitrogens is 2. The third-order valence-corrected chi connectivity index (χ3v) is 7.46. The highest BCUT2D eigenvalue weighted by Gasteiger charge is 2.30. The summed E-state index contributed by atoms with van der Waals surface area (Å²) in [6, 6.07) is 9.08. The summed E-state index contributed by atoms with van der Waals surface area (Å²) in [5, 5.41) is 18.9. The molecule has 5 rings (SSSR count). The van der Waals surface area contributed by atoms with Crippen molar-refractivity contribution in [3.05, 3.63) is 58.5 Å². The van der Waals surface area contributed by atoms with E-state index in [4.69, 9.17) is 10.5 Å². The molecule has 0 amide bonds. The van der Waals surface area contributed by atoms with Gasteiger partial charge in [-0.2, -0.15) is 15.5 Å². The molecule has 1 aromatic heterocycles. The molecule has 0 saturated heterocycles. The van der Waals surface area contributed by atoms with Gasteiger partial charge >= 0.3 is 0 Å². The Bertz CT molecular complexity index is 1740. The molecule has 3 N–H and O–H groups in total. The highest BCUT2D eigenvalue weighted by atomic mass is 19.1. The van der Waals surface area contributed by atoms with Crippen LogP contribution < -0.4 is 15.9 Å². The molecule has 10 heteroatoms. The zero-order valence-corrected chi connectivity index (χ0v) is 23.6. The average molecular weight is 552 g/mol. The van der Waals surface area contributed by atoms with Gasteiger partial charge in [-0.05, 0) is 52.4 Å². The van der Waals surface area contributed by atoms with E-state index in [-0.39, 0.29) is 35.0 Å².